The number of anilines is 1. The van der Waals surface area contributed by atoms with Crippen LogP contribution in [0, 0.1) is 12.8 Å². The van der Waals surface area contributed by atoms with Crippen molar-refractivity contribution in [2.75, 3.05) is 18.4 Å². The molecule has 11 heteroatoms. The van der Waals surface area contributed by atoms with Crippen LogP contribution < -0.4 is 5.32 Å². The van der Waals surface area contributed by atoms with E-state index < -0.39 is 10.0 Å². The number of hydrogen-bond acceptors (Lipinski definition) is 8. The number of carbonyl (C=O) groups excluding carboxylic acids is 1. The average Bonchev–Trinajstić information content (AvgIpc) is 3.42. The second-order valence-electron chi connectivity index (χ2n) is 8.02. The van der Waals surface area contributed by atoms with Crippen molar-refractivity contribution in [3.8, 4) is 10.7 Å². The van der Waals surface area contributed by atoms with Crippen LogP contribution in [0.3, 0.4) is 0 Å². The van der Waals surface area contributed by atoms with E-state index in [1.165, 1.54) is 15.6 Å². The van der Waals surface area contributed by atoms with E-state index in [0.717, 1.165) is 0 Å². The molecule has 1 amide bonds. The highest BCUT2D eigenvalue weighted by molar-refractivity contribution is 7.89. The summed E-state index contributed by atoms with van der Waals surface area (Å²) in [6.07, 6.45) is 2.52. The number of amides is 1. The monoisotopic (exact) mass is 475 g/mol. The molecule has 1 saturated heterocycles. The summed E-state index contributed by atoms with van der Waals surface area (Å²) >= 11 is 1.33. The SMILES string of the molecule is Cc1sc(-c2noc(C(C)C)n2)cc1S(=O)(=O)N1CCC(C(=O)Nc2ccccn2)CC1. The van der Waals surface area contributed by atoms with E-state index in [4.69, 9.17) is 4.52 Å². The fraction of sp³-hybridized carbons (Fsp3) is 0.429. The van der Waals surface area contributed by atoms with Crippen molar-refractivity contribution >= 4 is 33.1 Å². The lowest BCUT2D eigenvalue weighted by Crippen LogP contribution is -2.41. The van der Waals surface area contributed by atoms with Crippen molar-refractivity contribution in [3.05, 3.63) is 41.2 Å². The summed E-state index contributed by atoms with van der Waals surface area (Å²) in [4.78, 5) is 22.6. The molecule has 0 saturated carbocycles. The number of pyridine rings is 1. The third-order valence-electron chi connectivity index (χ3n) is 5.39. The molecular weight excluding hydrogens is 450 g/mol. The molecule has 9 nitrogen and oxygen atoms in total. The standard InChI is InChI=1S/C21H25N5O4S2/c1-13(2)21-24-19(25-30-21)16-12-17(14(3)31-16)32(28,29)26-10-7-15(8-11-26)20(27)23-18-6-4-5-9-22-18/h4-6,9,12-13,15H,7-8,10-11H2,1-3H3,(H,22,23,27). The summed E-state index contributed by atoms with van der Waals surface area (Å²) in [5.74, 6) is 1.12. The molecule has 0 atom stereocenters. The molecule has 0 radical (unpaired) electrons. The first-order chi connectivity index (χ1) is 15.3. The summed E-state index contributed by atoms with van der Waals surface area (Å²) in [6, 6.07) is 6.92. The van der Waals surface area contributed by atoms with E-state index in [0.29, 0.717) is 40.1 Å². The molecule has 0 spiro atoms. The molecule has 1 N–H and O–H groups in total. The zero-order valence-electron chi connectivity index (χ0n) is 18.1. The normalized spacial score (nSPS) is 15.9. The van der Waals surface area contributed by atoms with Gasteiger partial charge in [-0.15, -0.1) is 11.3 Å². The molecule has 1 aliphatic heterocycles. The molecule has 1 aliphatic rings. The number of hydrogen-bond donors (Lipinski definition) is 1. The van der Waals surface area contributed by atoms with Gasteiger partial charge in [0.05, 0.1) is 9.77 Å². The lowest BCUT2D eigenvalue weighted by molar-refractivity contribution is -0.120. The Morgan fingerprint density at radius 3 is 2.66 bits per heavy atom. The van der Waals surface area contributed by atoms with E-state index in [9.17, 15) is 13.2 Å². The summed E-state index contributed by atoms with van der Waals surface area (Å²) in [7, 11) is -3.68. The Bertz CT molecular complexity index is 1200. The Kier molecular flexibility index (Phi) is 6.40. The maximum absolute atomic E-state index is 13.3. The fourth-order valence-corrected chi connectivity index (χ4v) is 6.52. The van der Waals surface area contributed by atoms with Gasteiger partial charge in [-0.1, -0.05) is 25.1 Å². The van der Waals surface area contributed by atoms with Gasteiger partial charge in [0.15, 0.2) is 0 Å². The van der Waals surface area contributed by atoms with Crippen LogP contribution in [0.1, 0.15) is 43.4 Å². The number of aromatic nitrogens is 3. The van der Waals surface area contributed by atoms with Crippen LogP contribution >= 0.6 is 11.3 Å². The molecule has 3 aromatic rings. The van der Waals surface area contributed by atoms with Gasteiger partial charge < -0.3 is 9.84 Å². The summed E-state index contributed by atoms with van der Waals surface area (Å²) in [5, 5.41) is 6.78. The van der Waals surface area contributed by atoms with Crippen molar-refractivity contribution < 1.29 is 17.7 Å². The molecule has 0 aliphatic carbocycles. The predicted molar refractivity (Wildman–Crippen MR) is 121 cm³/mol. The predicted octanol–water partition coefficient (Wildman–Crippen LogP) is 3.66. The molecule has 4 rings (SSSR count). The molecule has 0 aromatic carbocycles. The maximum Gasteiger partial charge on any atom is 0.244 e. The van der Waals surface area contributed by atoms with Gasteiger partial charge in [-0.3, -0.25) is 4.79 Å². The number of piperidine rings is 1. The van der Waals surface area contributed by atoms with Crippen molar-refractivity contribution in [1.29, 1.82) is 0 Å². The zero-order chi connectivity index (χ0) is 22.9. The summed E-state index contributed by atoms with van der Waals surface area (Å²) in [5.41, 5.74) is 0. The molecule has 0 unspecified atom stereocenters. The third-order valence-corrected chi connectivity index (χ3v) is 8.59. The molecule has 0 bridgehead atoms. The minimum absolute atomic E-state index is 0.0941. The van der Waals surface area contributed by atoms with Gasteiger partial charge in [0.1, 0.15) is 5.82 Å². The molecule has 4 heterocycles. The Balaban J connectivity index is 1.44. The van der Waals surface area contributed by atoms with Crippen molar-refractivity contribution in [3.63, 3.8) is 0 Å². The summed E-state index contributed by atoms with van der Waals surface area (Å²) in [6.45, 7) is 6.25. The van der Waals surface area contributed by atoms with E-state index >= 15 is 0 Å². The van der Waals surface area contributed by atoms with Gasteiger partial charge in [-0.2, -0.15) is 9.29 Å². The quantitative estimate of drug-likeness (QED) is 0.578. The van der Waals surface area contributed by atoms with Crippen LogP contribution in [0.2, 0.25) is 0 Å². The Morgan fingerprint density at radius 1 is 1.28 bits per heavy atom. The van der Waals surface area contributed by atoms with Crippen molar-refractivity contribution in [2.45, 2.75) is 44.4 Å². The smallest absolute Gasteiger partial charge is 0.244 e. The molecule has 1 fully saturated rings. The van der Waals surface area contributed by atoms with E-state index in [-0.39, 0.29) is 35.7 Å². The number of aryl methyl sites for hydroxylation is 1. The lowest BCUT2D eigenvalue weighted by atomic mass is 9.97. The Hall–Kier alpha value is -2.63. The minimum atomic E-state index is -3.68. The molecule has 3 aromatic heterocycles. The van der Waals surface area contributed by atoms with Crippen LogP contribution in [0.4, 0.5) is 5.82 Å². The number of nitrogens with zero attached hydrogens (tertiary/aromatic N) is 4. The van der Waals surface area contributed by atoms with E-state index in [1.54, 1.807) is 37.4 Å². The number of carbonyl (C=O) groups is 1. The second kappa shape index (κ2) is 9.08. The number of sulfonamides is 1. The van der Waals surface area contributed by atoms with Crippen molar-refractivity contribution in [2.24, 2.45) is 5.92 Å². The van der Waals surface area contributed by atoms with Crippen LogP contribution in [-0.4, -0.2) is 46.8 Å². The molecule has 170 valence electrons. The van der Waals surface area contributed by atoms with Gasteiger partial charge in [-0.05, 0) is 38.0 Å². The minimum Gasteiger partial charge on any atom is -0.339 e. The van der Waals surface area contributed by atoms with Gasteiger partial charge in [0, 0.05) is 36.0 Å². The van der Waals surface area contributed by atoms with Crippen molar-refractivity contribution in [1.82, 2.24) is 19.4 Å². The summed E-state index contributed by atoms with van der Waals surface area (Å²) < 4.78 is 33.3. The molecular formula is C21H25N5O4S2. The van der Waals surface area contributed by atoms with Crippen LogP contribution in [0.25, 0.3) is 10.7 Å². The number of thiophene rings is 1. The first-order valence-corrected chi connectivity index (χ1v) is 12.7. The largest absolute Gasteiger partial charge is 0.339 e. The highest BCUT2D eigenvalue weighted by Crippen LogP contribution is 2.35. The third kappa shape index (κ3) is 4.59. The topological polar surface area (TPSA) is 118 Å². The van der Waals surface area contributed by atoms with Gasteiger partial charge >= 0.3 is 0 Å². The van der Waals surface area contributed by atoms with E-state index in [2.05, 4.69) is 20.4 Å². The highest BCUT2D eigenvalue weighted by Gasteiger charge is 2.34. The van der Waals surface area contributed by atoms with Gasteiger partial charge in [0.25, 0.3) is 0 Å². The first kappa shape index (κ1) is 22.6. The van der Waals surface area contributed by atoms with Crippen LogP contribution in [0.15, 0.2) is 39.9 Å². The first-order valence-electron chi connectivity index (χ1n) is 10.4. The highest BCUT2D eigenvalue weighted by atomic mass is 32.2. The zero-order valence-corrected chi connectivity index (χ0v) is 19.7. The van der Waals surface area contributed by atoms with Crippen LogP contribution in [-0.2, 0) is 14.8 Å². The van der Waals surface area contributed by atoms with Gasteiger partial charge in [-0.25, -0.2) is 13.4 Å². The fourth-order valence-electron chi connectivity index (χ4n) is 3.56. The number of nitrogens with one attached hydrogen (secondary N) is 1. The number of rotatable bonds is 6. The average molecular weight is 476 g/mol. The maximum atomic E-state index is 13.3. The Morgan fingerprint density at radius 2 is 2.03 bits per heavy atom. The Labute approximate surface area is 190 Å². The lowest BCUT2D eigenvalue weighted by Gasteiger charge is -2.30. The molecule has 32 heavy (non-hydrogen) atoms. The van der Waals surface area contributed by atoms with E-state index in [1.807, 2.05) is 13.8 Å². The second-order valence-corrected chi connectivity index (χ2v) is 11.2. The van der Waals surface area contributed by atoms with Crippen LogP contribution in [0.5, 0.6) is 0 Å². The van der Waals surface area contributed by atoms with Gasteiger partial charge in [0.2, 0.25) is 27.6 Å².